The van der Waals surface area contributed by atoms with E-state index in [2.05, 4.69) is 17.2 Å². The average molecular weight is 313 g/mol. The van der Waals surface area contributed by atoms with Crippen LogP contribution in [0.2, 0.25) is 0 Å². The van der Waals surface area contributed by atoms with E-state index in [1.165, 1.54) is 19.3 Å². The van der Waals surface area contributed by atoms with Crippen LogP contribution in [-0.2, 0) is 6.54 Å². The van der Waals surface area contributed by atoms with Crippen molar-refractivity contribution in [2.45, 2.75) is 45.6 Å². The standard InChI is InChI=1S/C18H23N3O2/c1-2-3-4-5-9-14-21-16(17(18(22)23)19-20-21)13-12-15-10-7-6-8-11-15/h6-8,10-13H,2-5,9,14H2,1H3,(H,22,23)/b13-12+. The normalized spacial score (nSPS) is 11.2. The number of unbranched alkanes of at least 4 members (excludes halogenated alkanes) is 4. The average Bonchev–Trinajstić information content (AvgIpc) is 2.97. The van der Waals surface area contributed by atoms with Crippen LogP contribution in [0.25, 0.3) is 12.2 Å². The maximum absolute atomic E-state index is 11.3. The summed E-state index contributed by atoms with van der Waals surface area (Å²) < 4.78 is 1.69. The second kappa shape index (κ2) is 8.88. The van der Waals surface area contributed by atoms with Gasteiger partial charge in [-0.3, -0.25) is 0 Å². The topological polar surface area (TPSA) is 68.0 Å². The number of benzene rings is 1. The zero-order valence-corrected chi connectivity index (χ0v) is 13.5. The Kier molecular flexibility index (Phi) is 6.54. The Bertz CT molecular complexity index is 648. The van der Waals surface area contributed by atoms with E-state index >= 15 is 0 Å². The first-order chi connectivity index (χ1) is 11.2. The lowest BCUT2D eigenvalue weighted by Crippen LogP contribution is -2.05. The van der Waals surface area contributed by atoms with Crippen molar-refractivity contribution in [2.75, 3.05) is 0 Å². The van der Waals surface area contributed by atoms with Crippen LogP contribution < -0.4 is 0 Å². The van der Waals surface area contributed by atoms with Crippen molar-refractivity contribution in [2.24, 2.45) is 0 Å². The molecule has 0 radical (unpaired) electrons. The van der Waals surface area contributed by atoms with Gasteiger partial charge in [0.1, 0.15) is 0 Å². The number of aromatic nitrogens is 3. The molecule has 0 saturated carbocycles. The highest BCUT2D eigenvalue weighted by molar-refractivity contribution is 5.90. The highest BCUT2D eigenvalue weighted by atomic mass is 16.4. The maximum atomic E-state index is 11.3. The predicted molar refractivity (Wildman–Crippen MR) is 91.1 cm³/mol. The molecule has 2 aromatic rings. The van der Waals surface area contributed by atoms with Gasteiger partial charge in [-0.05, 0) is 18.1 Å². The third-order valence-electron chi connectivity index (χ3n) is 3.68. The summed E-state index contributed by atoms with van der Waals surface area (Å²) >= 11 is 0. The molecule has 122 valence electrons. The summed E-state index contributed by atoms with van der Waals surface area (Å²) in [6, 6.07) is 9.77. The minimum absolute atomic E-state index is 0.00531. The van der Waals surface area contributed by atoms with Gasteiger partial charge in [0.05, 0.1) is 5.69 Å². The smallest absolute Gasteiger partial charge is 0.358 e. The summed E-state index contributed by atoms with van der Waals surface area (Å²) in [6.45, 7) is 2.88. The first kappa shape index (κ1) is 16.9. The zero-order valence-electron chi connectivity index (χ0n) is 13.5. The number of rotatable bonds is 9. The predicted octanol–water partition coefficient (Wildman–Crippen LogP) is 4.12. The zero-order chi connectivity index (χ0) is 16.5. The van der Waals surface area contributed by atoms with Gasteiger partial charge >= 0.3 is 5.97 Å². The van der Waals surface area contributed by atoms with Crippen LogP contribution in [0.4, 0.5) is 0 Å². The molecule has 0 amide bonds. The number of carbonyl (C=O) groups is 1. The summed E-state index contributed by atoms with van der Waals surface area (Å²) in [6.07, 6.45) is 9.41. The Hall–Kier alpha value is -2.43. The van der Waals surface area contributed by atoms with E-state index < -0.39 is 5.97 Å². The fourth-order valence-corrected chi connectivity index (χ4v) is 2.41. The summed E-state index contributed by atoms with van der Waals surface area (Å²) in [5.41, 5.74) is 1.57. The molecule has 0 saturated heterocycles. The molecule has 23 heavy (non-hydrogen) atoms. The molecule has 1 N–H and O–H groups in total. The molecular formula is C18H23N3O2. The van der Waals surface area contributed by atoms with E-state index in [9.17, 15) is 9.90 Å². The van der Waals surface area contributed by atoms with Crippen molar-refractivity contribution >= 4 is 18.1 Å². The van der Waals surface area contributed by atoms with Crippen molar-refractivity contribution in [1.29, 1.82) is 0 Å². The quantitative estimate of drug-likeness (QED) is 0.707. The lowest BCUT2D eigenvalue weighted by atomic mass is 10.1. The van der Waals surface area contributed by atoms with Crippen LogP contribution in [0, 0.1) is 0 Å². The van der Waals surface area contributed by atoms with Gasteiger partial charge in [0.2, 0.25) is 0 Å². The van der Waals surface area contributed by atoms with Crippen molar-refractivity contribution in [1.82, 2.24) is 15.0 Å². The summed E-state index contributed by atoms with van der Waals surface area (Å²) in [4.78, 5) is 11.3. The largest absolute Gasteiger partial charge is 0.476 e. The fourth-order valence-electron chi connectivity index (χ4n) is 2.41. The number of carboxylic acid groups (broad SMARTS) is 1. The molecule has 1 aromatic heterocycles. The summed E-state index contributed by atoms with van der Waals surface area (Å²) in [7, 11) is 0. The second-order valence-electron chi connectivity index (χ2n) is 5.51. The second-order valence-corrected chi connectivity index (χ2v) is 5.51. The molecule has 5 nitrogen and oxygen atoms in total. The van der Waals surface area contributed by atoms with Crippen molar-refractivity contribution in [3.63, 3.8) is 0 Å². The Morgan fingerprint density at radius 1 is 1.13 bits per heavy atom. The van der Waals surface area contributed by atoms with E-state index in [4.69, 9.17) is 0 Å². The summed E-state index contributed by atoms with van der Waals surface area (Å²) in [5, 5.41) is 17.1. The van der Waals surface area contributed by atoms with Gasteiger partial charge in [0, 0.05) is 6.54 Å². The lowest BCUT2D eigenvalue weighted by molar-refractivity contribution is 0.0690. The van der Waals surface area contributed by atoms with Crippen molar-refractivity contribution < 1.29 is 9.90 Å². The van der Waals surface area contributed by atoms with Crippen molar-refractivity contribution in [3.05, 3.63) is 47.3 Å². The van der Waals surface area contributed by atoms with Gasteiger partial charge in [-0.2, -0.15) is 0 Å². The minimum atomic E-state index is -1.05. The molecule has 0 fully saturated rings. The molecular weight excluding hydrogens is 290 g/mol. The molecule has 0 unspecified atom stereocenters. The van der Waals surface area contributed by atoms with Gasteiger partial charge in [-0.1, -0.05) is 74.2 Å². The van der Waals surface area contributed by atoms with Crippen LogP contribution in [-0.4, -0.2) is 26.1 Å². The van der Waals surface area contributed by atoms with Gasteiger partial charge < -0.3 is 5.11 Å². The maximum Gasteiger partial charge on any atom is 0.358 e. The molecule has 0 aliphatic carbocycles. The van der Waals surface area contributed by atoms with Gasteiger partial charge in [0.15, 0.2) is 5.69 Å². The highest BCUT2D eigenvalue weighted by Gasteiger charge is 2.16. The molecule has 1 heterocycles. The Balaban J connectivity index is 2.10. The Morgan fingerprint density at radius 2 is 1.87 bits per heavy atom. The minimum Gasteiger partial charge on any atom is -0.476 e. The number of hydrogen-bond donors (Lipinski definition) is 1. The molecule has 0 bridgehead atoms. The molecule has 0 aliphatic rings. The van der Waals surface area contributed by atoms with E-state index in [-0.39, 0.29) is 5.69 Å². The fraction of sp³-hybridized carbons (Fsp3) is 0.389. The summed E-state index contributed by atoms with van der Waals surface area (Å²) in [5.74, 6) is -1.05. The molecule has 0 aliphatic heterocycles. The number of aromatic carboxylic acids is 1. The third kappa shape index (κ3) is 5.06. The van der Waals surface area contributed by atoms with Crippen LogP contribution in [0.5, 0.6) is 0 Å². The van der Waals surface area contributed by atoms with E-state index in [0.717, 1.165) is 18.4 Å². The van der Waals surface area contributed by atoms with Gasteiger partial charge in [0.25, 0.3) is 0 Å². The Morgan fingerprint density at radius 3 is 2.57 bits per heavy atom. The van der Waals surface area contributed by atoms with Gasteiger partial charge in [-0.15, -0.1) is 5.10 Å². The van der Waals surface area contributed by atoms with E-state index in [0.29, 0.717) is 12.2 Å². The molecule has 0 spiro atoms. The number of nitrogens with zero attached hydrogens (tertiary/aromatic N) is 3. The number of hydrogen-bond acceptors (Lipinski definition) is 3. The lowest BCUT2D eigenvalue weighted by Gasteiger charge is -2.04. The van der Waals surface area contributed by atoms with Gasteiger partial charge in [-0.25, -0.2) is 9.48 Å². The third-order valence-corrected chi connectivity index (χ3v) is 3.68. The highest BCUT2D eigenvalue weighted by Crippen LogP contribution is 2.13. The van der Waals surface area contributed by atoms with Crippen LogP contribution in [0.3, 0.4) is 0 Å². The molecule has 1 aromatic carbocycles. The van der Waals surface area contributed by atoms with Crippen molar-refractivity contribution in [3.8, 4) is 0 Å². The van der Waals surface area contributed by atoms with Crippen LogP contribution in [0.15, 0.2) is 30.3 Å². The van der Waals surface area contributed by atoms with E-state index in [1.54, 1.807) is 10.8 Å². The first-order valence-electron chi connectivity index (χ1n) is 8.12. The molecule has 5 heteroatoms. The number of aryl methyl sites for hydroxylation is 1. The van der Waals surface area contributed by atoms with Crippen LogP contribution >= 0.6 is 0 Å². The molecule has 2 rings (SSSR count). The molecule has 0 atom stereocenters. The number of carboxylic acids is 1. The monoisotopic (exact) mass is 313 g/mol. The van der Waals surface area contributed by atoms with E-state index in [1.807, 2.05) is 36.4 Å². The Labute approximate surface area is 136 Å². The SMILES string of the molecule is CCCCCCCn1nnc(C(=O)O)c1/C=C/c1ccccc1. The van der Waals surface area contributed by atoms with Crippen LogP contribution in [0.1, 0.15) is 60.8 Å². The first-order valence-corrected chi connectivity index (χ1v) is 8.12.